The van der Waals surface area contributed by atoms with E-state index in [9.17, 15) is 13.2 Å². The molecule has 1 amide bonds. The predicted octanol–water partition coefficient (Wildman–Crippen LogP) is 4.39. The van der Waals surface area contributed by atoms with Crippen molar-refractivity contribution >= 4 is 33.7 Å². The third-order valence-electron chi connectivity index (χ3n) is 4.59. The van der Waals surface area contributed by atoms with Crippen LogP contribution in [0.4, 0.5) is 0 Å². The van der Waals surface area contributed by atoms with Crippen LogP contribution in [0.2, 0.25) is 5.02 Å². The zero-order chi connectivity index (χ0) is 22.4. The average molecular weight is 460 g/mol. The Kier molecular flexibility index (Phi) is 7.27. The molecular weight excluding hydrogens is 438 g/mol. The molecule has 0 aliphatic rings. The minimum atomic E-state index is -3.51. The van der Waals surface area contributed by atoms with E-state index in [1.165, 1.54) is 10.5 Å². The van der Waals surface area contributed by atoms with Gasteiger partial charge < -0.3 is 4.42 Å². The highest BCUT2D eigenvalue weighted by atomic mass is 35.5. The van der Waals surface area contributed by atoms with Gasteiger partial charge in [0.2, 0.25) is 10.0 Å². The molecule has 162 valence electrons. The smallest absolute Gasteiger partial charge is 0.272 e. The second kappa shape index (κ2) is 9.91. The normalized spacial score (nSPS) is 11.9. The molecule has 0 unspecified atom stereocenters. The molecule has 0 spiro atoms. The lowest BCUT2D eigenvalue weighted by molar-refractivity contribution is 0.0955. The van der Waals surface area contributed by atoms with Crippen molar-refractivity contribution < 1.29 is 17.6 Å². The van der Waals surface area contributed by atoms with Gasteiger partial charge in [-0.1, -0.05) is 37.6 Å². The lowest BCUT2D eigenvalue weighted by atomic mass is 10.2. The van der Waals surface area contributed by atoms with Gasteiger partial charge in [-0.05, 0) is 48.5 Å². The molecule has 0 saturated heterocycles. The number of sulfonamides is 1. The van der Waals surface area contributed by atoms with E-state index >= 15 is 0 Å². The molecule has 3 rings (SSSR count). The molecule has 7 nitrogen and oxygen atoms in total. The number of nitrogens with one attached hydrogen (secondary N) is 1. The lowest BCUT2D eigenvalue weighted by Crippen LogP contribution is -2.30. The fourth-order valence-corrected chi connectivity index (χ4v) is 4.62. The van der Waals surface area contributed by atoms with Crippen molar-refractivity contribution in [3.05, 3.63) is 77.0 Å². The van der Waals surface area contributed by atoms with Crippen molar-refractivity contribution in [2.24, 2.45) is 5.10 Å². The van der Waals surface area contributed by atoms with Gasteiger partial charge in [-0.15, -0.1) is 0 Å². The van der Waals surface area contributed by atoms with Gasteiger partial charge >= 0.3 is 0 Å². The maximum Gasteiger partial charge on any atom is 0.272 e. The molecule has 0 radical (unpaired) electrons. The fraction of sp³-hybridized carbons (Fsp3) is 0.182. The van der Waals surface area contributed by atoms with E-state index in [1.54, 1.807) is 74.5 Å². The number of carbonyl (C=O) groups is 1. The van der Waals surface area contributed by atoms with E-state index in [-0.39, 0.29) is 4.90 Å². The molecule has 0 aliphatic heterocycles. The van der Waals surface area contributed by atoms with Crippen molar-refractivity contribution in [3.8, 4) is 11.3 Å². The summed E-state index contributed by atoms with van der Waals surface area (Å²) in [6.45, 7) is 4.43. The number of hydrogen-bond donors (Lipinski definition) is 1. The van der Waals surface area contributed by atoms with Crippen molar-refractivity contribution in [1.82, 2.24) is 9.73 Å². The molecule has 31 heavy (non-hydrogen) atoms. The Hall–Kier alpha value is -2.94. The summed E-state index contributed by atoms with van der Waals surface area (Å²) >= 11 is 5.99. The van der Waals surface area contributed by atoms with Crippen molar-refractivity contribution in [3.63, 3.8) is 0 Å². The van der Waals surface area contributed by atoms with E-state index in [0.29, 0.717) is 35.2 Å². The van der Waals surface area contributed by atoms with E-state index in [0.717, 1.165) is 5.56 Å². The number of rotatable bonds is 8. The molecule has 0 saturated carbocycles. The molecule has 1 aromatic heterocycles. The van der Waals surface area contributed by atoms with Gasteiger partial charge in [0.15, 0.2) is 0 Å². The molecule has 1 heterocycles. The van der Waals surface area contributed by atoms with Gasteiger partial charge in [-0.25, -0.2) is 13.8 Å². The standard InChI is InChI=1S/C22H22ClN3O4S/c1-3-26(4-2)31(28,29)18-12-9-16(10-13-18)21-14-11-17(30-21)15-24-25-22(27)19-7-5-6-8-20(19)23/h5-15H,3-4H2,1-2H3,(H,25,27)/b24-15-. The largest absolute Gasteiger partial charge is 0.455 e. The quantitative estimate of drug-likeness (QED) is 0.399. The zero-order valence-corrected chi connectivity index (χ0v) is 18.7. The maximum atomic E-state index is 12.6. The van der Waals surface area contributed by atoms with Gasteiger partial charge in [-0.2, -0.15) is 9.41 Å². The number of amides is 1. The number of hydrazone groups is 1. The molecule has 0 bridgehead atoms. The van der Waals surface area contributed by atoms with Crippen LogP contribution in [-0.2, 0) is 10.0 Å². The minimum Gasteiger partial charge on any atom is -0.455 e. The highest BCUT2D eigenvalue weighted by molar-refractivity contribution is 7.89. The third kappa shape index (κ3) is 5.22. The van der Waals surface area contributed by atoms with Crippen LogP contribution < -0.4 is 5.43 Å². The summed E-state index contributed by atoms with van der Waals surface area (Å²) in [5, 5.41) is 4.22. The number of carbonyl (C=O) groups excluding carboxylic acids is 1. The summed E-state index contributed by atoms with van der Waals surface area (Å²) in [6.07, 6.45) is 1.37. The Labute approximate surface area is 186 Å². The predicted molar refractivity (Wildman–Crippen MR) is 121 cm³/mol. The number of benzene rings is 2. The summed E-state index contributed by atoms with van der Waals surface area (Å²) < 4.78 is 32.3. The van der Waals surface area contributed by atoms with E-state index in [4.69, 9.17) is 16.0 Å². The van der Waals surface area contributed by atoms with Crippen molar-refractivity contribution in [2.45, 2.75) is 18.7 Å². The van der Waals surface area contributed by atoms with Crippen LogP contribution in [-0.4, -0.2) is 37.9 Å². The number of hydrogen-bond acceptors (Lipinski definition) is 5. The summed E-state index contributed by atoms with van der Waals surface area (Å²) in [5.74, 6) is 0.540. The first-order valence-electron chi connectivity index (χ1n) is 9.65. The van der Waals surface area contributed by atoms with Crippen molar-refractivity contribution in [2.75, 3.05) is 13.1 Å². The zero-order valence-electron chi connectivity index (χ0n) is 17.1. The first-order valence-corrected chi connectivity index (χ1v) is 11.5. The molecular formula is C22H22ClN3O4S. The molecule has 0 fully saturated rings. The average Bonchev–Trinajstić information content (AvgIpc) is 3.23. The number of halogens is 1. The first-order chi connectivity index (χ1) is 14.9. The second-order valence-corrected chi connectivity index (χ2v) is 8.84. The van der Waals surface area contributed by atoms with Crippen LogP contribution >= 0.6 is 11.6 Å². The lowest BCUT2D eigenvalue weighted by Gasteiger charge is -2.18. The van der Waals surface area contributed by atoms with Crippen LogP contribution in [0, 0.1) is 0 Å². The Morgan fingerprint density at radius 3 is 2.39 bits per heavy atom. The Morgan fingerprint density at radius 2 is 1.74 bits per heavy atom. The second-order valence-electron chi connectivity index (χ2n) is 6.49. The summed E-state index contributed by atoms with van der Waals surface area (Å²) in [4.78, 5) is 12.3. The van der Waals surface area contributed by atoms with Gasteiger partial charge in [0, 0.05) is 18.7 Å². The van der Waals surface area contributed by atoms with Crippen LogP contribution in [0.1, 0.15) is 30.0 Å². The van der Waals surface area contributed by atoms with Gasteiger partial charge in [0.1, 0.15) is 11.5 Å². The van der Waals surface area contributed by atoms with E-state index in [1.807, 2.05) is 0 Å². The summed E-state index contributed by atoms with van der Waals surface area (Å²) in [5.41, 5.74) is 3.44. The van der Waals surface area contributed by atoms with Gasteiger partial charge in [0.05, 0.1) is 21.7 Å². The highest BCUT2D eigenvalue weighted by Gasteiger charge is 2.21. The van der Waals surface area contributed by atoms with Gasteiger partial charge in [-0.3, -0.25) is 4.79 Å². The van der Waals surface area contributed by atoms with Crippen LogP contribution in [0.25, 0.3) is 11.3 Å². The molecule has 9 heteroatoms. The molecule has 2 aromatic carbocycles. The van der Waals surface area contributed by atoms with Crippen LogP contribution in [0.15, 0.2) is 75.1 Å². The summed E-state index contributed by atoms with van der Waals surface area (Å²) in [7, 11) is -3.51. The maximum absolute atomic E-state index is 12.6. The molecule has 3 aromatic rings. The van der Waals surface area contributed by atoms with E-state index in [2.05, 4.69) is 10.5 Å². The van der Waals surface area contributed by atoms with E-state index < -0.39 is 15.9 Å². The third-order valence-corrected chi connectivity index (χ3v) is 6.98. The molecule has 0 aliphatic carbocycles. The first kappa shape index (κ1) is 22.7. The van der Waals surface area contributed by atoms with Crippen LogP contribution in [0.3, 0.4) is 0 Å². The SMILES string of the molecule is CCN(CC)S(=O)(=O)c1ccc(-c2ccc(/C=N\NC(=O)c3ccccc3Cl)o2)cc1. The molecule has 0 atom stereocenters. The summed E-state index contributed by atoms with van der Waals surface area (Å²) in [6, 6.07) is 16.6. The Bertz CT molecular complexity index is 1180. The number of nitrogens with zero attached hydrogens (tertiary/aromatic N) is 2. The van der Waals surface area contributed by atoms with Gasteiger partial charge in [0.25, 0.3) is 5.91 Å². The Balaban J connectivity index is 1.69. The van der Waals surface area contributed by atoms with Crippen LogP contribution in [0.5, 0.6) is 0 Å². The topological polar surface area (TPSA) is 92.0 Å². The Morgan fingerprint density at radius 1 is 1.06 bits per heavy atom. The number of furan rings is 1. The van der Waals surface area contributed by atoms with Crippen molar-refractivity contribution in [1.29, 1.82) is 0 Å². The monoisotopic (exact) mass is 459 g/mol. The fourth-order valence-electron chi connectivity index (χ4n) is 2.94. The highest BCUT2D eigenvalue weighted by Crippen LogP contribution is 2.24. The minimum absolute atomic E-state index is 0.232. The molecule has 1 N–H and O–H groups in total.